The van der Waals surface area contributed by atoms with Crippen molar-refractivity contribution in [2.24, 2.45) is 0 Å². The number of anilines is 1. The number of aromatic nitrogens is 3. The first kappa shape index (κ1) is 15.6. The van der Waals surface area contributed by atoms with Gasteiger partial charge in [-0.25, -0.2) is 13.9 Å². The maximum absolute atomic E-state index is 14.2. The Labute approximate surface area is 135 Å². The molecule has 0 saturated carbocycles. The molecular formula is C16H12F2N4O2. The molecule has 3 rings (SSSR count). The van der Waals surface area contributed by atoms with Crippen molar-refractivity contribution in [1.82, 2.24) is 15.2 Å². The summed E-state index contributed by atoms with van der Waals surface area (Å²) < 4.78 is 33.2. The molecule has 24 heavy (non-hydrogen) atoms. The SMILES string of the molecule is COc1ccc(-c2ccc(C(=O)Nc3ncn[nH]3)c(F)c2)c(F)c1. The molecule has 0 bridgehead atoms. The summed E-state index contributed by atoms with van der Waals surface area (Å²) in [4.78, 5) is 15.7. The molecule has 6 nitrogen and oxygen atoms in total. The number of benzene rings is 2. The Kier molecular flexibility index (Phi) is 4.19. The molecule has 0 atom stereocenters. The summed E-state index contributed by atoms with van der Waals surface area (Å²) in [6, 6.07) is 8.10. The van der Waals surface area contributed by atoms with Crippen LogP contribution < -0.4 is 10.1 Å². The fourth-order valence-electron chi connectivity index (χ4n) is 2.16. The normalized spacial score (nSPS) is 10.5. The van der Waals surface area contributed by atoms with Crippen molar-refractivity contribution in [3.63, 3.8) is 0 Å². The highest BCUT2D eigenvalue weighted by Gasteiger charge is 2.15. The number of amides is 1. The summed E-state index contributed by atoms with van der Waals surface area (Å²) in [5.41, 5.74) is 0.324. The highest BCUT2D eigenvalue weighted by Crippen LogP contribution is 2.27. The molecule has 0 saturated heterocycles. The van der Waals surface area contributed by atoms with Crippen molar-refractivity contribution in [2.45, 2.75) is 0 Å². The van der Waals surface area contributed by atoms with E-state index >= 15 is 0 Å². The second-order valence-electron chi connectivity index (χ2n) is 4.83. The highest BCUT2D eigenvalue weighted by molar-refractivity contribution is 6.03. The van der Waals surface area contributed by atoms with Crippen LogP contribution in [-0.2, 0) is 0 Å². The molecule has 1 heterocycles. The predicted octanol–water partition coefficient (Wildman–Crippen LogP) is 3.01. The van der Waals surface area contributed by atoms with Gasteiger partial charge in [0.1, 0.15) is 23.7 Å². The number of rotatable bonds is 4. The molecule has 1 aromatic heterocycles. The van der Waals surface area contributed by atoms with Crippen LogP contribution in [0.2, 0.25) is 0 Å². The van der Waals surface area contributed by atoms with Gasteiger partial charge in [0.15, 0.2) is 0 Å². The number of nitrogens with zero attached hydrogens (tertiary/aromatic N) is 2. The number of hydrogen-bond donors (Lipinski definition) is 2. The zero-order valence-electron chi connectivity index (χ0n) is 12.5. The first-order chi connectivity index (χ1) is 11.6. The maximum Gasteiger partial charge on any atom is 0.260 e. The van der Waals surface area contributed by atoms with Crippen LogP contribution >= 0.6 is 0 Å². The highest BCUT2D eigenvalue weighted by atomic mass is 19.1. The van der Waals surface area contributed by atoms with Gasteiger partial charge in [-0.1, -0.05) is 6.07 Å². The first-order valence-corrected chi connectivity index (χ1v) is 6.88. The third-order valence-corrected chi connectivity index (χ3v) is 3.35. The number of halogens is 2. The second-order valence-corrected chi connectivity index (χ2v) is 4.83. The van der Waals surface area contributed by atoms with Gasteiger partial charge in [0.05, 0.1) is 12.7 Å². The fraction of sp³-hybridized carbons (Fsp3) is 0.0625. The second kappa shape index (κ2) is 6.45. The molecule has 0 radical (unpaired) electrons. The molecule has 0 unspecified atom stereocenters. The van der Waals surface area contributed by atoms with Gasteiger partial charge in [0.2, 0.25) is 5.95 Å². The van der Waals surface area contributed by atoms with Gasteiger partial charge < -0.3 is 4.74 Å². The number of aromatic amines is 1. The number of carbonyl (C=O) groups is 1. The fourth-order valence-corrected chi connectivity index (χ4v) is 2.16. The van der Waals surface area contributed by atoms with Crippen LogP contribution in [0.15, 0.2) is 42.7 Å². The zero-order chi connectivity index (χ0) is 17.1. The van der Waals surface area contributed by atoms with E-state index in [0.29, 0.717) is 11.3 Å². The summed E-state index contributed by atoms with van der Waals surface area (Å²) in [6.45, 7) is 0. The summed E-state index contributed by atoms with van der Waals surface area (Å²) in [5.74, 6) is -1.55. The van der Waals surface area contributed by atoms with Crippen LogP contribution in [0.3, 0.4) is 0 Å². The predicted molar refractivity (Wildman–Crippen MR) is 82.7 cm³/mol. The van der Waals surface area contributed by atoms with Crippen molar-refractivity contribution in [3.8, 4) is 16.9 Å². The lowest BCUT2D eigenvalue weighted by Gasteiger charge is -2.08. The number of carbonyl (C=O) groups excluding carboxylic acids is 1. The summed E-state index contributed by atoms with van der Waals surface area (Å²) in [7, 11) is 1.43. The summed E-state index contributed by atoms with van der Waals surface area (Å²) in [6.07, 6.45) is 1.21. The Morgan fingerprint density at radius 3 is 2.62 bits per heavy atom. The smallest absolute Gasteiger partial charge is 0.260 e. The molecule has 0 fully saturated rings. The third-order valence-electron chi connectivity index (χ3n) is 3.35. The van der Waals surface area contributed by atoms with Gasteiger partial charge in [-0.2, -0.15) is 10.1 Å². The van der Waals surface area contributed by atoms with E-state index in [1.807, 2.05) is 0 Å². The molecule has 0 aliphatic rings. The van der Waals surface area contributed by atoms with E-state index in [2.05, 4.69) is 20.5 Å². The molecule has 122 valence electrons. The molecule has 0 aliphatic heterocycles. The third kappa shape index (κ3) is 3.07. The van der Waals surface area contributed by atoms with Crippen LogP contribution in [0.5, 0.6) is 5.75 Å². The number of H-pyrrole nitrogens is 1. The molecule has 0 spiro atoms. The molecule has 1 amide bonds. The van der Waals surface area contributed by atoms with Gasteiger partial charge in [-0.15, -0.1) is 0 Å². The standard InChI is InChI=1S/C16H12F2N4O2/c1-24-10-3-5-11(14(18)7-10)9-2-4-12(13(17)6-9)15(23)21-16-19-8-20-22-16/h2-8H,1H3,(H2,19,20,21,22,23). The van der Waals surface area contributed by atoms with Crippen molar-refractivity contribution in [1.29, 1.82) is 0 Å². The lowest BCUT2D eigenvalue weighted by molar-refractivity contribution is 0.102. The van der Waals surface area contributed by atoms with Crippen LogP contribution in [-0.4, -0.2) is 28.2 Å². The lowest BCUT2D eigenvalue weighted by Crippen LogP contribution is -2.14. The monoisotopic (exact) mass is 330 g/mol. The van der Waals surface area contributed by atoms with Crippen molar-refractivity contribution < 1.29 is 18.3 Å². The van der Waals surface area contributed by atoms with Crippen LogP contribution in [0.4, 0.5) is 14.7 Å². The van der Waals surface area contributed by atoms with E-state index < -0.39 is 17.5 Å². The minimum Gasteiger partial charge on any atom is -0.497 e. The topological polar surface area (TPSA) is 79.9 Å². The number of hydrogen-bond acceptors (Lipinski definition) is 4. The van der Waals surface area contributed by atoms with Gasteiger partial charge >= 0.3 is 0 Å². The van der Waals surface area contributed by atoms with E-state index in [1.54, 1.807) is 6.07 Å². The molecular weight excluding hydrogens is 318 g/mol. The van der Waals surface area contributed by atoms with Crippen molar-refractivity contribution in [2.75, 3.05) is 12.4 Å². The summed E-state index contributed by atoms with van der Waals surface area (Å²) in [5, 5.41) is 8.37. The average Bonchev–Trinajstić information content (AvgIpc) is 3.07. The van der Waals surface area contributed by atoms with Gasteiger partial charge in [0, 0.05) is 11.6 Å². The largest absolute Gasteiger partial charge is 0.497 e. The van der Waals surface area contributed by atoms with E-state index in [-0.39, 0.29) is 17.1 Å². The maximum atomic E-state index is 14.2. The molecule has 3 aromatic rings. The summed E-state index contributed by atoms with van der Waals surface area (Å²) >= 11 is 0. The van der Waals surface area contributed by atoms with Crippen molar-refractivity contribution in [3.05, 3.63) is 59.9 Å². The Morgan fingerprint density at radius 2 is 2.00 bits per heavy atom. The van der Waals surface area contributed by atoms with Crippen LogP contribution in [0.1, 0.15) is 10.4 Å². The molecule has 0 aliphatic carbocycles. The zero-order valence-corrected chi connectivity index (χ0v) is 12.5. The van der Waals surface area contributed by atoms with E-state index in [4.69, 9.17) is 4.74 Å². The minimum atomic E-state index is -0.778. The number of methoxy groups -OCH3 is 1. The Bertz CT molecular complexity index is 882. The first-order valence-electron chi connectivity index (χ1n) is 6.88. The molecule has 2 N–H and O–H groups in total. The Hall–Kier alpha value is -3.29. The number of nitrogens with one attached hydrogen (secondary N) is 2. The Balaban J connectivity index is 1.88. The lowest BCUT2D eigenvalue weighted by atomic mass is 10.0. The van der Waals surface area contributed by atoms with Crippen LogP contribution in [0.25, 0.3) is 11.1 Å². The average molecular weight is 330 g/mol. The molecule has 8 heteroatoms. The Morgan fingerprint density at radius 1 is 1.17 bits per heavy atom. The van der Waals surface area contributed by atoms with E-state index in [9.17, 15) is 13.6 Å². The van der Waals surface area contributed by atoms with Gasteiger partial charge in [-0.05, 0) is 29.8 Å². The minimum absolute atomic E-state index is 0.102. The van der Waals surface area contributed by atoms with Crippen LogP contribution in [0, 0.1) is 11.6 Å². The van der Waals surface area contributed by atoms with E-state index in [1.165, 1.54) is 37.7 Å². The van der Waals surface area contributed by atoms with Gasteiger partial charge in [0.25, 0.3) is 5.91 Å². The van der Waals surface area contributed by atoms with E-state index in [0.717, 1.165) is 6.07 Å². The quantitative estimate of drug-likeness (QED) is 0.771. The van der Waals surface area contributed by atoms with Crippen molar-refractivity contribution >= 4 is 11.9 Å². The molecule has 2 aromatic carbocycles. The number of ether oxygens (including phenoxy) is 1. The van der Waals surface area contributed by atoms with Gasteiger partial charge in [-0.3, -0.25) is 10.1 Å².